The van der Waals surface area contributed by atoms with Crippen molar-refractivity contribution in [2.45, 2.75) is 6.04 Å². The number of anilines is 1. The van der Waals surface area contributed by atoms with Crippen molar-refractivity contribution < 1.29 is 34.2 Å². The molecule has 5 amide bonds. The first kappa shape index (κ1) is 29.3. The van der Waals surface area contributed by atoms with Crippen LogP contribution < -0.4 is 32.7 Å². The highest BCUT2D eigenvalue weighted by Gasteiger charge is 2.21. The van der Waals surface area contributed by atoms with E-state index >= 15 is 0 Å². The summed E-state index contributed by atoms with van der Waals surface area (Å²) in [6.07, 6.45) is 0. The maximum atomic E-state index is 12.2. The number of aliphatic hydroxyl groups excluding tert-OH is 1. The lowest BCUT2D eigenvalue weighted by atomic mass is 10.2. The third kappa shape index (κ3) is 9.28. The second-order valence-electron chi connectivity index (χ2n) is 6.90. The third-order valence-corrected chi connectivity index (χ3v) is 4.24. The van der Waals surface area contributed by atoms with Gasteiger partial charge in [0.25, 0.3) is 5.91 Å². The minimum Gasteiger partial charge on any atom is -0.478 e. The molecule has 0 fully saturated rings. The Kier molecular flexibility index (Phi) is 11.3. The van der Waals surface area contributed by atoms with Gasteiger partial charge in [0.1, 0.15) is 6.04 Å². The van der Waals surface area contributed by atoms with Gasteiger partial charge in [-0.15, -0.1) is 12.4 Å². The summed E-state index contributed by atoms with van der Waals surface area (Å²) in [6, 6.07) is 8.73. The molecule has 0 aliphatic carbocycles. The Morgan fingerprint density at radius 2 is 1.64 bits per heavy atom. The molecule has 0 saturated heterocycles. The number of urea groups is 1. The van der Waals surface area contributed by atoms with Gasteiger partial charge in [-0.2, -0.15) is 0 Å². The maximum absolute atomic E-state index is 12.2. The van der Waals surface area contributed by atoms with Crippen LogP contribution in [-0.4, -0.2) is 65.1 Å². The molecule has 192 valence electrons. The van der Waals surface area contributed by atoms with Gasteiger partial charge < -0.3 is 37.6 Å². The monoisotopic (exact) mass is 521 g/mol. The highest BCUT2D eigenvalue weighted by molar-refractivity contribution is 6.06. The van der Waals surface area contributed by atoms with E-state index in [1.807, 2.05) is 0 Å². The van der Waals surface area contributed by atoms with Crippen LogP contribution in [0.15, 0.2) is 53.5 Å². The zero-order valence-electron chi connectivity index (χ0n) is 18.6. The van der Waals surface area contributed by atoms with Crippen LogP contribution in [0.5, 0.6) is 0 Å². The van der Waals surface area contributed by atoms with Crippen LogP contribution in [0.3, 0.4) is 0 Å². The van der Waals surface area contributed by atoms with E-state index in [1.165, 1.54) is 48.5 Å². The number of guanidine groups is 1. The number of aliphatic hydroxyl groups is 1. The molecule has 14 nitrogen and oxygen atoms in total. The van der Waals surface area contributed by atoms with Crippen molar-refractivity contribution >= 4 is 59.5 Å². The predicted octanol–water partition coefficient (Wildman–Crippen LogP) is -0.733. The first-order chi connectivity index (χ1) is 16.6. The van der Waals surface area contributed by atoms with Crippen molar-refractivity contribution in [3.63, 3.8) is 0 Å². The second kappa shape index (κ2) is 13.9. The van der Waals surface area contributed by atoms with Gasteiger partial charge in [0, 0.05) is 11.3 Å². The molecular weight excluding hydrogens is 498 g/mol. The van der Waals surface area contributed by atoms with Gasteiger partial charge in [-0.05, 0) is 42.5 Å². The van der Waals surface area contributed by atoms with Gasteiger partial charge in [-0.1, -0.05) is 6.07 Å². The standard InChI is InChI=1S/C21H23N7O7.ClH/c22-20(23)25-13-6-4-11(5-7-13)17(31)28-16(30)9-24-18(32)15(10-29)27-21(35)26-14-3-1-2-12(8-14)19(33)34;/h1-8,15,29H,9-10H2,(H,24,32)(H,33,34)(H4,22,23,25)(H2,26,27,35)(H,28,30,31);1H/t15-;/m0./s1. The van der Waals surface area contributed by atoms with Crippen molar-refractivity contribution in [2.75, 3.05) is 18.5 Å². The highest BCUT2D eigenvalue weighted by atomic mass is 35.5. The number of carbonyl (C=O) groups excluding carboxylic acids is 4. The number of carboxylic acids is 1. The van der Waals surface area contributed by atoms with Crippen LogP contribution in [-0.2, 0) is 9.59 Å². The van der Waals surface area contributed by atoms with E-state index in [-0.39, 0.29) is 35.2 Å². The Labute approximate surface area is 210 Å². The van der Waals surface area contributed by atoms with E-state index in [9.17, 15) is 29.1 Å². The van der Waals surface area contributed by atoms with Gasteiger partial charge in [-0.25, -0.2) is 14.6 Å². The van der Waals surface area contributed by atoms with Crippen molar-refractivity contribution in [3.05, 3.63) is 59.7 Å². The molecule has 2 aromatic carbocycles. The van der Waals surface area contributed by atoms with Gasteiger partial charge in [0.15, 0.2) is 5.96 Å². The molecule has 0 aromatic heterocycles. The molecule has 0 unspecified atom stereocenters. The molecule has 0 saturated carbocycles. The van der Waals surface area contributed by atoms with Crippen molar-refractivity contribution in [2.24, 2.45) is 16.5 Å². The summed E-state index contributed by atoms with van der Waals surface area (Å²) in [6.45, 7) is -1.41. The van der Waals surface area contributed by atoms with Crippen LogP contribution in [0.4, 0.5) is 16.2 Å². The summed E-state index contributed by atoms with van der Waals surface area (Å²) in [5.41, 5.74) is 11.1. The fourth-order valence-electron chi connectivity index (χ4n) is 2.62. The second-order valence-corrected chi connectivity index (χ2v) is 6.90. The smallest absolute Gasteiger partial charge is 0.335 e. The number of carboxylic acid groups (broad SMARTS) is 1. The SMILES string of the molecule is Cl.NC(N)=Nc1ccc(C(=O)NC(=O)CNC(=O)[C@H](CO)NC(=O)Nc2cccc(C(=O)O)c2)cc1. The number of hydrogen-bond donors (Lipinski definition) is 8. The minimum atomic E-state index is -1.43. The Hall–Kier alpha value is -4.69. The molecule has 0 bridgehead atoms. The van der Waals surface area contributed by atoms with Crippen LogP contribution in [0.25, 0.3) is 0 Å². The summed E-state index contributed by atoms with van der Waals surface area (Å²) >= 11 is 0. The van der Waals surface area contributed by atoms with Crippen molar-refractivity contribution in [1.82, 2.24) is 16.0 Å². The van der Waals surface area contributed by atoms with Crippen molar-refractivity contribution in [1.29, 1.82) is 0 Å². The Bertz CT molecular complexity index is 1150. The molecule has 1 atom stereocenters. The Balaban J connectivity index is 0.00000648. The number of nitrogens with zero attached hydrogens (tertiary/aromatic N) is 1. The van der Waals surface area contributed by atoms with Crippen LogP contribution in [0, 0.1) is 0 Å². The van der Waals surface area contributed by atoms with Crippen molar-refractivity contribution in [3.8, 4) is 0 Å². The molecule has 0 radical (unpaired) electrons. The lowest BCUT2D eigenvalue weighted by Gasteiger charge is -2.16. The number of hydrogen-bond acceptors (Lipinski definition) is 7. The number of aromatic carboxylic acids is 1. The van der Waals surface area contributed by atoms with E-state index in [4.69, 9.17) is 16.6 Å². The molecule has 0 spiro atoms. The van der Waals surface area contributed by atoms with Crippen LogP contribution in [0.2, 0.25) is 0 Å². The molecule has 0 aliphatic heterocycles. The van der Waals surface area contributed by atoms with Crippen LogP contribution in [0.1, 0.15) is 20.7 Å². The molecule has 15 heteroatoms. The van der Waals surface area contributed by atoms with Gasteiger partial charge in [-0.3, -0.25) is 19.7 Å². The quantitative estimate of drug-likeness (QED) is 0.153. The largest absolute Gasteiger partial charge is 0.478 e. The number of nitrogens with one attached hydrogen (secondary N) is 4. The number of nitrogens with two attached hydrogens (primary N) is 2. The normalized spacial score (nSPS) is 10.6. The number of carbonyl (C=O) groups is 5. The van der Waals surface area contributed by atoms with E-state index in [1.54, 1.807) is 0 Å². The molecule has 10 N–H and O–H groups in total. The Morgan fingerprint density at radius 1 is 0.972 bits per heavy atom. The van der Waals surface area contributed by atoms with Gasteiger partial charge >= 0.3 is 12.0 Å². The average Bonchev–Trinajstić information content (AvgIpc) is 2.81. The Morgan fingerprint density at radius 3 is 2.22 bits per heavy atom. The fraction of sp³-hybridized carbons (Fsp3) is 0.143. The number of amides is 5. The maximum Gasteiger partial charge on any atom is 0.335 e. The van der Waals surface area contributed by atoms with Crippen LogP contribution >= 0.6 is 12.4 Å². The predicted molar refractivity (Wildman–Crippen MR) is 131 cm³/mol. The first-order valence-electron chi connectivity index (χ1n) is 9.92. The molecular formula is C21H24ClN7O7. The van der Waals surface area contributed by atoms with E-state index < -0.39 is 48.9 Å². The summed E-state index contributed by atoms with van der Waals surface area (Å²) in [4.78, 5) is 63.2. The van der Waals surface area contributed by atoms with E-state index in [0.717, 1.165) is 0 Å². The lowest BCUT2D eigenvalue weighted by Crippen LogP contribution is -2.52. The molecule has 36 heavy (non-hydrogen) atoms. The lowest BCUT2D eigenvalue weighted by molar-refractivity contribution is -0.127. The molecule has 0 aliphatic rings. The zero-order chi connectivity index (χ0) is 26.0. The summed E-state index contributed by atoms with van der Waals surface area (Å²) < 4.78 is 0. The zero-order valence-corrected chi connectivity index (χ0v) is 19.4. The van der Waals surface area contributed by atoms with E-state index in [0.29, 0.717) is 5.69 Å². The summed E-state index contributed by atoms with van der Waals surface area (Å²) in [5.74, 6) is -3.83. The number of aliphatic imine (C=N–C) groups is 1. The van der Waals surface area contributed by atoms with Gasteiger partial charge in [0.2, 0.25) is 11.8 Å². The summed E-state index contributed by atoms with van der Waals surface area (Å²) in [7, 11) is 0. The number of imide groups is 1. The summed E-state index contributed by atoms with van der Waals surface area (Å²) in [5, 5.41) is 27.2. The van der Waals surface area contributed by atoms with E-state index in [2.05, 4.69) is 26.3 Å². The number of rotatable bonds is 9. The minimum absolute atomic E-state index is 0. The number of halogens is 1. The number of benzene rings is 2. The fourth-order valence-corrected chi connectivity index (χ4v) is 2.62. The molecule has 2 aromatic rings. The molecule has 2 rings (SSSR count). The highest BCUT2D eigenvalue weighted by Crippen LogP contribution is 2.12. The average molecular weight is 522 g/mol. The first-order valence-corrected chi connectivity index (χ1v) is 9.92. The topological polar surface area (TPSA) is 238 Å². The molecule has 0 heterocycles. The van der Waals surface area contributed by atoms with Gasteiger partial charge in [0.05, 0.1) is 24.4 Å². The third-order valence-electron chi connectivity index (χ3n) is 4.24.